The summed E-state index contributed by atoms with van der Waals surface area (Å²) in [6.07, 6.45) is 0. The summed E-state index contributed by atoms with van der Waals surface area (Å²) in [5.74, 6) is 0. The second-order valence-corrected chi connectivity index (χ2v) is 16.8. The van der Waals surface area contributed by atoms with Crippen LogP contribution in [0.25, 0.3) is 88.4 Å². The Morgan fingerprint density at radius 1 is 0.304 bits per heavy atom. The van der Waals surface area contributed by atoms with Gasteiger partial charge in [0.25, 0.3) is 0 Å². The summed E-state index contributed by atoms with van der Waals surface area (Å²) in [5, 5.41) is 5.14. The molecule has 0 fully saturated rings. The van der Waals surface area contributed by atoms with Gasteiger partial charge in [-0.25, -0.2) is 0 Å². The highest BCUT2D eigenvalue weighted by molar-refractivity contribution is 6.15. The predicted octanol–water partition coefficient (Wildman–Crippen LogP) is 14.2. The van der Waals surface area contributed by atoms with Crippen molar-refractivity contribution in [3.05, 3.63) is 192 Å². The monoisotopic (exact) mass is 716 g/mol. The fourth-order valence-electron chi connectivity index (χ4n) is 10.9. The summed E-state index contributed by atoms with van der Waals surface area (Å²) in [6, 6.07) is 63.5. The minimum absolute atomic E-state index is 0.169. The third-order valence-corrected chi connectivity index (χ3v) is 13.3. The summed E-state index contributed by atoms with van der Waals surface area (Å²) in [6.45, 7) is 9.61. The average Bonchev–Trinajstić information content (AvgIpc) is 3.90. The lowest BCUT2D eigenvalue weighted by molar-refractivity contribution is 0.663. The summed E-state index contributed by atoms with van der Waals surface area (Å²) in [4.78, 5) is 0. The molecule has 0 unspecified atom stereocenters. The van der Waals surface area contributed by atoms with Gasteiger partial charge in [-0.15, -0.1) is 0 Å². The van der Waals surface area contributed by atoms with E-state index in [1.807, 2.05) is 0 Å². The quantitative estimate of drug-likeness (QED) is 0.172. The van der Waals surface area contributed by atoms with Crippen LogP contribution in [0.5, 0.6) is 0 Å². The van der Waals surface area contributed by atoms with Crippen molar-refractivity contribution in [2.24, 2.45) is 0 Å². The molecule has 12 rings (SSSR count). The molecule has 0 N–H and O–H groups in total. The van der Waals surface area contributed by atoms with E-state index in [-0.39, 0.29) is 10.8 Å². The lowest BCUT2D eigenvalue weighted by Gasteiger charge is -2.25. The number of aromatic nitrogens is 2. The van der Waals surface area contributed by atoms with Crippen LogP contribution in [-0.4, -0.2) is 9.13 Å². The third kappa shape index (κ3) is 3.91. The first-order valence-corrected chi connectivity index (χ1v) is 19.9. The first-order chi connectivity index (χ1) is 27.4. The second kappa shape index (κ2) is 11.0. The zero-order valence-electron chi connectivity index (χ0n) is 32.1. The Morgan fingerprint density at radius 2 is 0.661 bits per heavy atom. The normalized spacial score (nSPS) is 14.7. The summed E-state index contributed by atoms with van der Waals surface area (Å²) < 4.78 is 5.15. The fraction of sp³-hybridized carbons (Fsp3) is 0.111. The lowest BCUT2D eigenvalue weighted by Crippen LogP contribution is -2.17. The van der Waals surface area contributed by atoms with E-state index in [1.54, 1.807) is 0 Å². The molecule has 0 atom stereocenters. The van der Waals surface area contributed by atoms with E-state index in [9.17, 15) is 0 Å². The highest BCUT2D eigenvalue weighted by Crippen LogP contribution is 2.55. The molecule has 2 heteroatoms. The number of para-hydroxylation sites is 4. The van der Waals surface area contributed by atoms with Gasteiger partial charge in [-0.1, -0.05) is 173 Å². The summed E-state index contributed by atoms with van der Waals surface area (Å²) >= 11 is 0. The van der Waals surface area contributed by atoms with Crippen molar-refractivity contribution in [2.45, 2.75) is 38.5 Å². The van der Waals surface area contributed by atoms with Gasteiger partial charge in [-0.05, 0) is 68.8 Å². The van der Waals surface area contributed by atoms with Crippen LogP contribution in [0.2, 0.25) is 0 Å². The Hall–Kier alpha value is -6.64. The maximum absolute atomic E-state index is 2.58. The van der Waals surface area contributed by atoms with Gasteiger partial charge in [0, 0.05) is 43.5 Å². The maximum Gasteiger partial charge on any atom is 0.0588 e. The molecule has 56 heavy (non-hydrogen) atoms. The molecule has 2 nitrogen and oxygen atoms in total. The molecule has 2 aliphatic carbocycles. The van der Waals surface area contributed by atoms with Crippen LogP contribution < -0.4 is 0 Å². The number of fused-ring (bicyclic) bond motifs is 14. The Labute approximate surface area is 326 Å². The minimum atomic E-state index is -0.169. The van der Waals surface area contributed by atoms with Crippen molar-refractivity contribution in [1.82, 2.24) is 9.13 Å². The molecule has 266 valence electrons. The topological polar surface area (TPSA) is 9.86 Å². The van der Waals surface area contributed by atoms with Crippen molar-refractivity contribution in [3.63, 3.8) is 0 Å². The number of benzene rings is 8. The van der Waals surface area contributed by atoms with E-state index in [0.29, 0.717) is 0 Å². The molecule has 2 aromatic heterocycles. The largest absolute Gasteiger partial charge is 0.308 e. The van der Waals surface area contributed by atoms with E-state index in [0.717, 1.165) is 0 Å². The Morgan fingerprint density at radius 3 is 1.11 bits per heavy atom. The first-order valence-electron chi connectivity index (χ1n) is 19.9. The molecule has 2 aliphatic rings. The number of hydrogen-bond acceptors (Lipinski definition) is 0. The van der Waals surface area contributed by atoms with Gasteiger partial charge in [0.1, 0.15) is 0 Å². The van der Waals surface area contributed by atoms with Crippen molar-refractivity contribution in [2.75, 3.05) is 0 Å². The number of rotatable bonds is 3. The molecule has 10 aromatic rings. The van der Waals surface area contributed by atoms with Crippen LogP contribution in [0.4, 0.5) is 0 Å². The molecule has 0 saturated heterocycles. The van der Waals surface area contributed by atoms with E-state index < -0.39 is 0 Å². The van der Waals surface area contributed by atoms with Gasteiger partial charge in [0.2, 0.25) is 0 Å². The van der Waals surface area contributed by atoms with Crippen LogP contribution in [0.1, 0.15) is 49.9 Å². The number of nitrogens with zero attached hydrogens (tertiary/aromatic N) is 2. The van der Waals surface area contributed by atoms with Crippen molar-refractivity contribution in [1.29, 1.82) is 0 Å². The molecule has 8 aromatic carbocycles. The molecule has 0 bridgehead atoms. The lowest BCUT2D eigenvalue weighted by atomic mass is 9.81. The van der Waals surface area contributed by atoms with E-state index in [1.165, 1.54) is 111 Å². The Kier molecular flexibility index (Phi) is 6.22. The third-order valence-electron chi connectivity index (χ3n) is 13.3. The van der Waals surface area contributed by atoms with Gasteiger partial charge >= 0.3 is 0 Å². The fourth-order valence-corrected chi connectivity index (χ4v) is 10.9. The zero-order chi connectivity index (χ0) is 37.5. The molecule has 0 amide bonds. The van der Waals surface area contributed by atoms with E-state index in [2.05, 4.69) is 207 Å². The van der Waals surface area contributed by atoms with Gasteiger partial charge in [-0.2, -0.15) is 0 Å². The summed E-state index contributed by atoms with van der Waals surface area (Å²) in [5.41, 5.74) is 20.4. The predicted molar refractivity (Wildman–Crippen MR) is 236 cm³/mol. The van der Waals surface area contributed by atoms with Crippen LogP contribution in [0.3, 0.4) is 0 Å². The van der Waals surface area contributed by atoms with Crippen molar-refractivity contribution in [3.8, 4) is 44.8 Å². The molecule has 2 heterocycles. The molecular formula is C54H40N2. The highest BCUT2D eigenvalue weighted by atomic mass is 15.0. The Bertz CT molecular complexity index is 3090. The highest BCUT2D eigenvalue weighted by Gasteiger charge is 2.40. The first kappa shape index (κ1) is 31.7. The van der Waals surface area contributed by atoms with Crippen LogP contribution in [-0.2, 0) is 10.8 Å². The average molecular weight is 717 g/mol. The maximum atomic E-state index is 2.58. The summed E-state index contributed by atoms with van der Waals surface area (Å²) in [7, 11) is 0. The van der Waals surface area contributed by atoms with Gasteiger partial charge < -0.3 is 9.13 Å². The van der Waals surface area contributed by atoms with Gasteiger partial charge in [-0.3, -0.25) is 0 Å². The van der Waals surface area contributed by atoms with E-state index in [4.69, 9.17) is 0 Å². The molecule has 0 aliphatic heterocycles. The van der Waals surface area contributed by atoms with Crippen LogP contribution in [0.15, 0.2) is 170 Å². The smallest absolute Gasteiger partial charge is 0.0588 e. The van der Waals surface area contributed by atoms with Gasteiger partial charge in [0.15, 0.2) is 0 Å². The molecule has 0 spiro atoms. The zero-order valence-corrected chi connectivity index (χ0v) is 32.1. The van der Waals surface area contributed by atoms with Gasteiger partial charge in [0.05, 0.1) is 33.4 Å². The van der Waals surface area contributed by atoms with Crippen LogP contribution >= 0.6 is 0 Å². The second-order valence-electron chi connectivity index (χ2n) is 16.8. The molecular weight excluding hydrogens is 677 g/mol. The van der Waals surface area contributed by atoms with E-state index >= 15 is 0 Å². The minimum Gasteiger partial charge on any atom is -0.308 e. The SMILES string of the molecule is CC1(C)c2ccccc2-c2ccc3c4ccccc4n(-c4ccccc4-c4ccccc4-n4c5ccccc5c5ccc6c(c54)C(C)(C)c4ccccc4-6)c3c21. The molecule has 0 saturated carbocycles. The standard InChI is InChI=1S/C54H40N2/c1-53(2)43-23-11-5-17-33(43)39-29-31-41-37-21-9-15-27-47(37)55(51(41)49(39)53)45-25-13-7-19-35(45)36-20-8-14-26-46(36)56-48-28-16-10-22-38(48)42-32-30-40-34-18-6-12-24-44(34)54(3,4)50(40)52(42)56/h5-32H,1-4H3. The van der Waals surface area contributed by atoms with Crippen LogP contribution in [0, 0.1) is 0 Å². The Balaban J connectivity index is 1.18. The van der Waals surface area contributed by atoms with Crippen molar-refractivity contribution < 1.29 is 0 Å². The van der Waals surface area contributed by atoms with Crippen molar-refractivity contribution >= 4 is 43.6 Å². The number of hydrogen-bond donors (Lipinski definition) is 0. The molecule has 0 radical (unpaired) electrons.